The predicted octanol–water partition coefficient (Wildman–Crippen LogP) is 2.95. The molecule has 14 heavy (non-hydrogen) atoms. The SMILES string of the molecule is CCCCCc1cn2c(n1)CCCC2. The monoisotopic (exact) mass is 192 g/mol. The van der Waals surface area contributed by atoms with Crippen LogP contribution in [0.25, 0.3) is 0 Å². The van der Waals surface area contributed by atoms with Crippen molar-refractivity contribution in [3.63, 3.8) is 0 Å². The summed E-state index contributed by atoms with van der Waals surface area (Å²) in [5, 5.41) is 0. The van der Waals surface area contributed by atoms with Gasteiger partial charge < -0.3 is 4.57 Å². The molecule has 0 N–H and O–H groups in total. The summed E-state index contributed by atoms with van der Waals surface area (Å²) >= 11 is 0. The zero-order valence-corrected chi connectivity index (χ0v) is 9.13. The quantitative estimate of drug-likeness (QED) is 0.671. The van der Waals surface area contributed by atoms with E-state index < -0.39 is 0 Å². The number of aryl methyl sites for hydroxylation is 3. The van der Waals surface area contributed by atoms with E-state index in [1.54, 1.807) is 0 Å². The molecule has 0 fully saturated rings. The second-order valence-corrected chi connectivity index (χ2v) is 4.26. The van der Waals surface area contributed by atoms with E-state index in [0.717, 1.165) is 0 Å². The van der Waals surface area contributed by atoms with Crippen molar-refractivity contribution in [2.45, 2.75) is 58.4 Å². The van der Waals surface area contributed by atoms with Crippen molar-refractivity contribution in [2.75, 3.05) is 0 Å². The lowest BCUT2D eigenvalue weighted by Gasteiger charge is -2.11. The normalized spacial score (nSPS) is 15.5. The number of rotatable bonds is 4. The molecule has 1 aromatic rings. The highest BCUT2D eigenvalue weighted by molar-refractivity contribution is 5.06. The molecule has 0 bridgehead atoms. The largest absolute Gasteiger partial charge is 0.335 e. The summed E-state index contributed by atoms with van der Waals surface area (Å²) in [5.74, 6) is 1.32. The highest BCUT2D eigenvalue weighted by Crippen LogP contribution is 2.15. The van der Waals surface area contributed by atoms with E-state index in [1.807, 2.05) is 0 Å². The number of nitrogens with zero attached hydrogens (tertiary/aromatic N) is 2. The molecule has 0 unspecified atom stereocenters. The lowest BCUT2D eigenvalue weighted by Crippen LogP contribution is -2.08. The van der Waals surface area contributed by atoms with Crippen molar-refractivity contribution in [3.8, 4) is 0 Å². The minimum Gasteiger partial charge on any atom is -0.335 e. The van der Waals surface area contributed by atoms with E-state index in [1.165, 1.54) is 63.0 Å². The van der Waals surface area contributed by atoms with Gasteiger partial charge in [-0.05, 0) is 25.7 Å². The van der Waals surface area contributed by atoms with Gasteiger partial charge in [-0.25, -0.2) is 4.98 Å². The van der Waals surface area contributed by atoms with Gasteiger partial charge >= 0.3 is 0 Å². The third kappa shape index (κ3) is 2.17. The van der Waals surface area contributed by atoms with Crippen molar-refractivity contribution in [1.29, 1.82) is 0 Å². The number of imidazole rings is 1. The van der Waals surface area contributed by atoms with Crippen molar-refractivity contribution >= 4 is 0 Å². The van der Waals surface area contributed by atoms with E-state index in [9.17, 15) is 0 Å². The van der Waals surface area contributed by atoms with Crippen LogP contribution in [0.3, 0.4) is 0 Å². The third-order valence-corrected chi connectivity index (χ3v) is 2.99. The molecule has 2 heterocycles. The number of hydrogen-bond acceptors (Lipinski definition) is 1. The lowest BCUT2D eigenvalue weighted by atomic mass is 10.2. The summed E-state index contributed by atoms with van der Waals surface area (Å²) in [5.41, 5.74) is 1.32. The van der Waals surface area contributed by atoms with Gasteiger partial charge in [0.25, 0.3) is 0 Å². The number of unbranched alkanes of at least 4 members (excludes halogenated alkanes) is 2. The molecule has 0 amide bonds. The van der Waals surface area contributed by atoms with Crippen LogP contribution < -0.4 is 0 Å². The maximum atomic E-state index is 4.69. The van der Waals surface area contributed by atoms with Gasteiger partial charge in [-0.2, -0.15) is 0 Å². The number of aromatic nitrogens is 2. The first-order chi connectivity index (χ1) is 6.90. The summed E-state index contributed by atoms with van der Waals surface area (Å²) in [4.78, 5) is 4.69. The fourth-order valence-corrected chi connectivity index (χ4v) is 2.15. The van der Waals surface area contributed by atoms with E-state index in [2.05, 4.69) is 22.7 Å². The van der Waals surface area contributed by atoms with Crippen LogP contribution in [0.2, 0.25) is 0 Å². The van der Waals surface area contributed by atoms with E-state index in [4.69, 9.17) is 0 Å². The maximum Gasteiger partial charge on any atom is 0.108 e. The van der Waals surface area contributed by atoms with Crippen LogP contribution in [-0.4, -0.2) is 9.55 Å². The summed E-state index contributed by atoms with van der Waals surface area (Å²) in [6, 6.07) is 0. The molecule has 0 aliphatic carbocycles. The Morgan fingerprint density at radius 3 is 3.07 bits per heavy atom. The van der Waals surface area contributed by atoms with Crippen molar-refractivity contribution in [2.24, 2.45) is 0 Å². The second-order valence-electron chi connectivity index (χ2n) is 4.26. The molecule has 0 atom stereocenters. The van der Waals surface area contributed by atoms with Crippen LogP contribution in [0.4, 0.5) is 0 Å². The first-order valence-corrected chi connectivity index (χ1v) is 5.95. The molecule has 2 nitrogen and oxygen atoms in total. The minimum absolute atomic E-state index is 1.17. The van der Waals surface area contributed by atoms with Gasteiger partial charge in [0.05, 0.1) is 5.69 Å². The Morgan fingerprint density at radius 2 is 2.29 bits per heavy atom. The molecular weight excluding hydrogens is 172 g/mol. The predicted molar refractivity (Wildman–Crippen MR) is 58.4 cm³/mol. The Balaban J connectivity index is 1.94. The Labute approximate surface area is 86.3 Å². The summed E-state index contributed by atoms with van der Waals surface area (Å²) in [7, 11) is 0. The number of hydrogen-bond donors (Lipinski definition) is 0. The molecule has 0 saturated carbocycles. The van der Waals surface area contributed by atoms with Gasteiger partial charge in [-0.3, -0.25) is 0 Å². The molecular formula is C12H20N2. The van der Waals surface area contributed by atoms with E-state index in [-0.39, 0.29) is 0 Å². The van der Waals surface area contributed by atoms with Gasteiger partial charge in [0.15, 0.2) is 0 Å². The van der Waals surface area contributed by atoms with Crippen LogP contribution in [0.5, 0.6) is 0 Å². The fourth-order valence-electron chi connectivity index (χ4n) is 2.15. The zero-order valence-electron chi connectivity index (χ0n) is 9.13. The molecule has 0 spiro atoms. The topological polar surface area (TPSA) is 17.8 Å². The molecule has 2 rings (SSSR count). The van der Waals surface area contributed by atoms with Crippen molar-refractivity contribution in [1.82, 2.24) is 9.55 Å². The summed E-state index contributed by atoms with van der Waals surface area (Å²) in [6.07, 6.45) is 11.2. The highest BCUT2D eigenvalue weighted by atomic mass is 15.1. The fraction of sp³-hybridized carbons (Fsp3) is 0.750. The number of fused-ring (bicyclic) bond motifs is 1. The van der Waals surface area contributed by atoms with Crippen molar-refractivity contribution in [3.05, 3.63) is 17.7 Å². The summed E-state index contributed by atoms with van der Waals surface area (Å²) in [6.45, 7) is 3.44. The van der Waals surface area contributed by atoms with Crippen LogP contribution in [-0.2, 0) is 19.4 Å². The van der Waals surface area contributed by atoms with E-state index in [0.29, 0.717) is 0 Å². The summed E-state index contributed by atoms with van der Waals surface area (Å²) < 4.78 is 2.35. The second kappa shape index (κ2) is 4.63. The Morgan fingerprint density at radius 1 is 1.36 bits per heavy atom. The molecule has 0 radical (unpaired) electrons. The zero-order chi connectivity index (χ0) is 9.80. The lowest BCUT2D eigenvalue weighted by molar-refractivity contribution is 0.522. The van der Waals surface area contributed by atoms with Gasteiger partial charge in [-0.1, -0.05) is 19.8 Å². The van der Waals surface area contributed by atoms with Gasteiger partial charge in [0.1, 0.15) is 5.82 Å². The van der Waals surface area contributed by atoms with Crippen LogP contribution in [0, 0.1) is 0 Å². The van der Waals surface area contributed by atoms with Crippen LogP contribution in [0.1, 0.15) is 50.5 Å². The van der Waals surface area contributed by atoms with Crippen LogP contribution in [0.15, 0.2) is 6.20 Å². The molecule has 0 saturated heterocycles. The van der Waals surface area contributed by atoms with E-state index >= 15 is 0 Å². The standard InChI is InChI=1S/C12H20N2/c1-2-3-4-7-11-10-14-9-6-5-8-12(14)13-11/h10H,2-9H2,1H3. The Bertz CT molecular complexity index is 265. The van der Waals surface area contributed by atoms with Gasteiger partial charge in [-0.15, -0.1) is 0 Å². The molecule has 1 aliphatic heterocycles. The molecule has 0 aromatic carbocycles. The smallest absolute Gasteiger partial charge is 0.108 e. The maximum absolute atomic E-state index is 4.69. The average Bonchev–Trinajstić information content (AvgIpc) is 2.60. The molecule has 1 aliphatic rings. The van der Waals surface area contributed by atoms with Gasteiger partial charge in [0, 0.05) is 19.2 Å². The Kier molecular flexibility index (Phi) is 3.22. The first-order valence-electron chi connectivity index (χ1n) is 5.95. The highest BCUT2D eigenvalue weighted by Gasteiger charge is 2.11. The molecule has 1 aromatic heterocycles. The first kappa shape index (κ1) is 9.75. The molecule has 78 valence electrons. The average molecular weight is 192 g/mol. The van der Waals surface area contributed by atoms with Crippen molar-refractivity contribution < 1.29 is 0 Å². The Hall–Kier alpha value is -0.790. The minimum atomic E-state index is 1.17. The third-order valence-electron chi connectivity index (χ3n) is 2.99. The van der Waals surface area contributed by atoms with Crippen LogP contribution >= 0.6 is 0 Å². The molecule has 2 heteroatoms. The van der Waals surface area contributed by atoms with Gasteiger partial charge in [0.2, 0.25) is 0 Å².